The van der Waals surface area contributed by atoms with Crippen LogP contribution in [0.2, 0.25) is 0 Å². The fourth-order valence-electron chi connectivity index (χ4n) is 2.38. The lowest BCUT2D eigenvalue weighted by atomic mass is 10.0. The van der Waals surface area contributed by atoms with E-state index in [4.69, 9.17) is 11.2 Å². The van der Waals surface area contributed by atoms with E-state index in [1.807, 2.05) is 0 Å². The van der Waals surface area contributed by atoms with Gasteiger partial charge in [0.05, 0.1) is 7.11 Å². The zero-order valence-corrected chi connectivity index (χ0v) is 14.9. The van der Waals surface area contributed by atoms with E-state index in [9.17, 15) is 18.8 Å². The Kier molecular flexibility index (Phi) is 8.85. The summed E-state index contributed by atoms with van der Waals surface area (Å²) in [5, 5.41) is 5.14. The third-order valence-corrected chi connectivity index (χ3v) is 3.66. The molecule has 0 aliphatic carbocycles. The molecular formula is C19H23FN2O4. The van der Waals surface area contributed by atoms with E-state index >= 15 is 0 Å². The minimum Gasteiger partial charge on any atom is -0.467 e. The van der Waals surface area contributed by atoms with E-state index < -0.39 is 35.7 Å². The van der Waals surface area contributed by atoms with Gasteiger partial charge in [0.1, 0.15) is 17.9 Å². The normalized spacial score (nSPS) is 12.4. The molecule has 2 N–H and O–H groups in total. The molecule has 0 saturated heterocycles. The van der Waals surface area contributed by atoms with Gasteiger partial charge in [0.2, 0.25) is 11.8 Å². The Morgan fingerprint density at radius 1 is 1.19 bits per heavy atom. The monoisotopic (exact) mass is 362 g/mol. The number of terminal acetylenes is 1. The van der Waals surface area contributed by atoms with Gasteiger partial charge >= 0.3 is 5.97 Å². The summed E-state index contributed by atoms with van der Waals surface area (Å²) in [4.78, 5) is 35.9. The number of benzene rings is 1. The zero-order valence-electron chi connectivity index (χ0n) is 14.9. The van der Waals surface area contributed by atoms with Gasteiger partial charge in [-0.05, 0) is 30.5 Å². The van der Waals surface area contributed by atoms with Crippen molar-refractivity contribution in [1.29, 1.82) is 0 Å². The molecule has 0 saturated carbocycles. The number of amides is 2. The highest BCUT2D eigenvalue weighted by molar-refractivity contribution is 5.90. The van der Waals surface area contributed by atoms with Crippen LogP contribution in [0, 0.1) is 18.2 Å². The summed E-state index contributed by atoms with van der Waals surface area (Å²) < 4.78 is 17.7. The van der Waals surface area contributed by atoms with E-state index in [-0.39, 0.29) is 6.42 Å². The smallest absolute Gasteiger partial charge is 0.328 e. The van der Waals surface area contributed by atoms with Crippen LogP contribution < -0.4 is 10.6 Å². The molecule has 0 aliphatic heterocycles. The molecule has 1 rings (SSSR count). The number of esters is 1. The Morgan fingerprint density at radius 3 is 2.38 bits per heavy atom. The van der Waals surface area contributed by atoms with Crippen molar-refractivity contribution >= 4 is 17.8 Å². The predicted molar refractivity (Wildman–Crippen MR) is 94.3 cm³/mol. The molecule has 6 nitrogen and oxygen atoms in total. The highest BCUT2D eigenvalue weighted by atomic mass is 19.1. The average Bonchev–Trinajstić information content (AvgIpc) is 2.61. The number of nitrogens with one attached hydrogen (secondary N) is 2. The van der Waals surface area contributed by atoms with Crippen molar-refractivity contribution < 1.29 is 23.5 Å². The van der Waals surface area contributed by atoms with Gasteiger partial charge in [-0.3, -0.25) is 9.59 Å². The molecule has 26 heavy (non-hydrogen) atoms. The molecule has 1 aromatic carbocycles. The molecule has 2 amide bonds. The molecule has 0 unspecified atom stereocenters. The van der Waals surface area contributed by atoms with Crippen molar-refractivity contribution in [2.45, 2.75) is 44.7 Å². The first-order valence-electron chi connectivity index (χ1n) is 8.20. The largest absolute Gasteiger partial charge is 0.467 e. The summed E-state index contributed by atoms with van der Waals surface area (Å²) in [6.45, 7) is 1.29. The maximum absolute atomic E-state index is 13.0. The fourth-order valence-corrected chi connectivity index (χ4v) is 2.38. The molecule has 1 aromatic rings. The summed E-state index contributed by atoms with van der Waals surface area (Å²) in [6.07, 6.45) is 6.69. The van der Waals surface area contributed by atoms with Gasteiger partial charge in [0, 0.05) is 19.8 Å². The number of unbranched alkanes of at least 4 members (excludes halogenated alkanes) is 1. The first-order valence-corrected chi connectivity index (χ1v) is 8.20. The van der Waals surface area contributed by atoms with Crippen LogP contribution in [0.25, 0.3) is 0 Å². The fraction of sp³-hybridized carbons (Fsp3) is 0.421. The van der Waals surface area contributed by atoms with Crippen LogP contribution in [0.15, 0.2) is 24.3 Å². The van der Waals surface area contributed by atoms with Crippen LogP contribution in [-0.4, -0.2) is 37.0 Å². The maximum atomic E-state index is 13.0. The van der Waals surface area contributed by atoms with Crippen molar-refractivity contribution in [3.8, 4) is 12.3 Å². The molecule has 0 heterocycles. The Morgan fingerprint density at radius 2 is 1.85 bits per heavy atom. The maximum Gasteiger partial charge on any atom is 0.328 e. The van der Waals surface area contributed by atoms with Crippen molar-refractivity contribution in [3.05, 3.63) is 35.6 Å². The molecule has 0 bridgehead atoms. The van der Waals surface area contributed by atoms with Crippen molar-refractivity contribution in [1.82, 2.24) is 10.6 Å². The quantitative estimate of drug-likeness (QED) is 0.394. The van der Waals surface area contributed by atoms with Crippen LogP contribution in [0.5, 0.6) is 0 Å². The lowest BCUT2D eigenvalue weighted by Gasteiger charge is -2.22. The van der Waals surface area contributed by atoms with E-state index in [0.717, 1.165) is 0 Å². The second-order valence-corrected chi connectivity index (χ2v) is 5.76. The summed E-state index contributed by atoms with van der Waals surface area (Å²) >= 11 is 0. The van der Waals surface area contributed by atoms with E-state index in [0.29, 0.717) is 24.8 Å². The molecule has 7 heteroatoms. The number of carbonyl (C=O) groups excluding carboxylic acids is 3. The molecule has 0 radical (unpaired) electrons. The van der Waals surface area contributed by atoms with Crippen LogP contribution in [-0.2, 0) is 25.5 Å². The topological polar surface area (TPSA) is 84.5 Å². The summed E-state index contributed by atoms with van der Waals surface area (Å²) in [5.74, 6) is 0.566. The number of halogens is 1. The van der Waals surface area contributed by atoms with Crippen molar-refractivity contribution in [2.24, 2.45) is 0 Å². The Balaban J connectivity index is 2.84. The van der Waals surface area contributed by atoms with Gasteiger partial charge in [-0.1, -0.05) is 12.1 Å². The van der Waals surface area contributed by atoms with Crippen LogP contribution >= 0.6 is 0 Å². The number of rotatable bonds is 9. The minimum absolute atomic E-state index is 0.157. The lowest BCUT2D eigenvalue weighted by Crippen LogP contribution is -2.52. The number of hydrogen-bond donors (Lipinski definition) is 2. The van der Waals surface area contributed by atoms with Gasteiger partial charge in [0.15, 0.2) is 0 Å². The second-order valence-electron chi connectivity index (χ2n) is 5.76. The number of methoxy groups -OCH3 is 1. The van der Waals surface area contributed by atoms with E-state index in [1.165, 1.54) is 38.3 Å². The number of carbonyl (C=O) groups is 3. The Labute approximate surface area is 152 Å². The molecule has 0 spiro atoms. The van der Waals surface area contributed by atoms with Gasteiger partial charge in [-0.15, -0.1) is 12.3 Å². The van der Waals surface area contributed by atoms with Gasteiger partial charge in [0.25, 0.3) is 0 Å². The summed E-state index contributed by atoms with van der Waals surface area (Å²) in [5.41, 5.74) is 0.669. The SMILES string of the molecule is C#CCCC[C@H](NC(=O)[C@@H](Cc1ccc(F)cc1)NC(C)=O)C(=O)OC. The van der Waals surface area contributed by atoms with Crippen molar-refractivity contribution in [3.63, 3.8) is 0 Å². The highest BCUT2D eigenvalue weighted by Gasteiger charge is 2.26. The first-order chi connectivity index (χ1) is 12.4. The second kappa shape index (κ2) is 10.9. The zero-order chi connectivity index (χ0) is 19.5. The molecule has 0 aliphatic rings. The average molecular weight is 362 g/mol. The van der Waals surface area contributed by atoms with Crippen LogP contribution in [0.3, 0.4) is 0 Å². The molecule has 0 fully saturated rings. The molecule has 140 valence electrons. The Bertz CT molecular complexity index is 667. The standard InChI is InChI=1S/C19H23FN2O4/c1-4-5-6-7-16(19(25)26-3)22-18(24)17(21-13(2)23)12-14-8-10-15(20)11-9-14/h1,8-11,16-17H,5-7,12H2,2-3H3,(H,21,23)(H,22,24)/t16-,17+/m0/s1. The van der Waals surface area contributed by atoms with Gasteiger partial charge < -0.3 is 15.4 Å². The Hall–Kier alpha value is -2.88. The third kappa shape index (κ3) is 7.34. The predicted octanol–water partition coefficient (Wildman–Crippen LogP) is 1.33. The highest BCUT2D eigenvalue weighted by Crippen LogP contribution is 2.08. The first kappa shape index (κ1) is 21.2. The van der Waals surface area contributed by atoms with Gasteiger partial charge in [-0.2, -0.15) is 0 Å². The van der Waals surface area contributed by atoms with Crippen LogP contribution in [0.1, 0.15) is 31.7 Å². The number of hydrogen-bond acceptors (Lipinski definition) is 4. The molecular weight excluding hydrogens is 339 g/mol. The summed E-state index contributed by atoms with van der Waals surface area (Å²) in [7, 11) is 1.23. The lowest BCUT2D eigenvalue weighted by molar-refractivity contribution is -0.145. The van der Waals surface area contributed by atoms with E-state index in [2.05, 4.69) is 16.6 Å². The van der Waals surface area contributed by atoms with E-state index in [1.54, 1.807) is 0 Å². The minimum atomic E-state index is -0.905. The molecule has 0 aromatic heterocycles. The van der Waals surface area contributed by atoms with Gasteiger partial charge in [-0.25, -0.2) is 9.18 Å². The molecule has 2 atom stereocenters. The summed E-state index contributed by atoms with van der Waals surface area (Å²) in [6, 6.07) is 3.84. The number of ether oxygens (including phenoxy) is 1. The van der Waals surface area contributed by atoms with Crippen molar-refractivity contribution in [2.75, 3.05) is 7.11 Å². The van der Waals surface area contributed by atoms with Crippen LogP contribution in [0.4, 0.5) is 4.39 Å². The third-order valence-electron chi connectivity index (χ3n) is 3.66.